The van der Waals surface area contributed by atoms with Crippen LogP contribution in [-0.2, 0) is 0 Å². The fourth-order valence-electron chi connectivity index (χ4n) is 2.69. The van der Waals surface area contributed by atoms with Crippen molar-refractivity contribution in [1.29, 1.82) is 0 Å². The number of anilines is 1. The average Bonchev–Trinajstić information content (AvgIpc) is 2.97. The molecule has 0 unspecified atom stereocenters. The van der Waals surface area contributed by atoms with E-state index < -0.39 is 11.4 Å². The van der Waals surface area contributed by atoms with E-state index >= 15 is 0 Å². The van der Waals surface area contributed by atoms with Gasteiger partial charge < -0.3 is 10.6 Å². The van der Waals surface area contributed by atoms with Gasteiger partial charge in [0, 0.05) is 22.4 Å². The summed E-state index contributed by atoms with van der Waals surface area (Å²) in [4.78, 5) is 29.8. The number of hydrogen-bond acceptors (Lipinski definition) is 3. The van der Waals surface area contributed by atoms with Crippen molar-refractivity contribution >= 4 is 34.6 Å². The quantitative estimate of drug-likeness (QED) is 0.714. The minimum atomic E-state index is -0.420. The smallest absolute Gasteiger partial charge is 0.292 e. The molecule has 0 aliphatic rings. The van der Waals surface area contributed by atoms with Gasteiger partial charge in [-0.15, -0.1) is 0 Å². The largest absolute Gasteiger partial charge is 0.346 e. The summed E-state index contributed by atoms with van der Waals surface area (Å²) in [6.07, 6.45) is 1.70. The number of halogens is 1. The standard InChI is InChI=1S/C20H21ClN4O2/c1-12-13(21)8-7-9-14(12)22-19(27)17-23-16(18(26)24-20(2,3)4)15-10-5-6-11-25(15)17/h5-11H,1-4H3,(H,22,27)(H,24,26). The van der Waals surface area contributed by atoms with E-state index in [-0.39, 0.29) is 17.4 Å². The van der Waals surface area contributed by atoms with Crippen molar-refractivity contribution in [1.82, 2.24) is 14.7 Å². The summed E-state index contributed by atoms with van der Waals surface area (Å²) in [6.45, 7) is 7.49. The molecule has 0 saturated heterocycles. The van der Waals surface area contributed by atoms with Crippen LogP contribution >= 0.6 is 11.6 Å². The van der Waals surface area contributed by atoms with Crippen molar-refractivity contribution in [3.8, 4) is 0 Å². The molecule has 3 rings (SSSR count). The highest BCUT2D eigenvalue weighted by Gasteiger charge is 2.24. The third-order valence-corrected chi connectivity index (χ3v) is 4.38. The van der Waals surface area contributed by atoms with Gasteiger partial charge in [-0.25, -0.2) is 4.98 Å². The summed E-state index contributed by atoms with van der Waals surface area (Å²) in [6, 6.07) is 10.6. The second-order valence-corrected chi connectivity index (χ2v) is 7.72. The maximum atomic E-state index is 12.8. The van der Waals surface area contributed by atoms with Gasteiger partial charge in [0.1, 0.15) is 0 Å². The van der Waals surface area contributed by atoms with Gasteiger partial charge in [0.25, 0.3) is 11.8 Å². The van der Waals surface area contributed by atoms with Crippen molar-refractivity contribution < 1.29 is 9.59 Å². The van der Waals surface area contributed by atoms with Crippen LogP contribution in [0.3, 0.4) is 0 Å². The van der Waals surface area contributed by atoms with Gasteiger partial charge in [-0.2, -0.15) is 0 Å². The Morgan fingerprint density at radius 1 is 1.07 bits per heavy atom. The summed E-state index contributed by atoms with van der Waals surface area (Å²) < 4.78 is 1.60. The van der Waals surface area contributed by atoms with Crippen LogP contribution < -0.4 is 10.6 Å². The second kappa shape index (κ2) is 7.04. The molecular formula is C20H21ClN4O2. The molecule has 2 amide bonds. The van der Waals surface area contributed by atoms with E-state index in [0.717, 1.165) is 5.56 Å². The van der Waals surface area contributed by atoms with Gasteiger partial charge in [0.05, 0.1) is 5.52 Å². The van der Waals surface area contributed by atoms with E-state index in [4.69, 9.17) is 11.6 Å². The number of aromatic nitrogens is 2. The van der Waals surface area contributed by atoms with Gasteiger partial charge >= 0.3 is 0 Å². The molecule has 1 aromatic carbocycles. The first kappa shape index (κ1) is 18.9. The highest BCUT2D eigenvalue weighted by molar-refractivity contribution is 6.31. The first-order valence-corrected chi connectivity index (χ1v) is 8.91. The molecule has 2 heterocycles. The molecule has 0 radical (unpaired) electrons. The Morgan fingerprint density at radius 3 is 2.52 bits per heavy atom. The van der Waals surface area contributed by atoms with E-state index in [1.54, 1.807) is 47.0 Å². The molecule has 2 aromatic heterocycles. The third kappa shape index (κ3) is 3.95. The highest BCUT2D eigenvalue weighted by Crippen LogP contribution is 2.24. The van der Waals surface area contributed by atoms with E-state index in [1.807, 2.05) is 27.7 Å². The third-order valence-electron chi connectivity index (χ3n) is 3.97. The highest BCUT2D eigenvalue weighted by atomic mass is 35.5. The van der Waals surface area contributed by atoms with Crippen molar-refractivity contribution in [3.63, 3.8) is 0 Å². The van der Waals surface area contributed by atoms with Gasteiger partial charge in [0.2, 0.25) is 5.82 Å². The predicted octanol–water partition coefficient (Wildman–Crippen LogP) is 4.08. The summed E-state index contributed by atoms with van der Waals surface area (Å²) >= 11 is 6.12. The molecule has 7 heteroatoms. The van der Waals surface area contributed by atoms with Crippen LogP contribution in [0.5, 0.6) is 0 Å². The zero-order chi connectivity index (χ0) is 19.8. The van der Waals surface area contributed by atoms with Crippen LogP contribution in [0, 0.1) is 6.92 Å². The van der Waals surface area contributed by atoms with Crippen molar-refractivity contribution in [2.75, 3.05) is 5.32 Å². The number of imidazole rings is 1. The van der Waals surface area contributed by atoms with E-state index in [0.29, 0.717) is 16.2 Å². The summed E-state index contributed by atoms with van der Waals surface area (Å²) in [5.41, 5.74) is 1.72. The Bertz CT molecular complexity index is 1030. The number of rotatable bonds is 3. The summed E-state index contributed by atoms with van der Waals surface area (Å²) in [7, 11) is 0. The van der Waals surface area contributed by atoms with Crippen molar-refractivity contribution in [2.45, 2.75) is 33.2 Å². The topological polar surface area (TPSA) is 75.5 Å². The van der Waals surface area contributed by atoms with Crippen LogP contribution in [0.15, 0.2) is 42.6 Å². The second-order valence-electron chi connectivity index (χ2n) is 7.31. The van der Waals surface area contributed by atoms with E-state index in [1.165, 1.54) is 0 Å². The molecule has 2 N–H and O–H groups in total. The molecule has 0 aliphatic heterocycles. The molecule has 0 spiro atoms. The van der Waals surface area contributed by atoms with Gasteiger partial charge in [0.15, 0.2) is 5.69 Å². The molecule has 27 heavy (non-hydrogen) atoms. The number of carbonyl (C=O) groups excluding carboxylic acids is 2. The number of fused-ring (bicyclic) bond motifs is 1. The number of benzene rings is 1. The SMILES string of the molecule is Cc1c(Cl)cccc1NC(=O)c1nc(C(=O)NC(C)(C)C)c2ccccn12. The zero-order valence-electron chi connectivity index (χ0n) is 15.6. The molecule has 6 nitrogen and oxygen atoms in total. The molecule has 0 bridgehead atoms. The number of amides is 2. The van der Waals surface area contributed by atoms with E-state index in [2.05, 4.69) is 15.6 Å². The maximum Gasteiger partial charge on any atom is 0.292 e. The molecule has 140 valence electrons. The fourth-order valence-corrected chi connectivity index (χ4v) is 2.86. The van der Waals surface area contributed by atoms with Crippen molar-refractivity contribution in [2.24, 2.45) is 0 Å². The van der Waals surface area contributed by atoms with E-state index in [9.17, 15) is 9.59 Å². The Labute approximate surface area is 162 Å². The Morgan fingerprint density at radius 2 is 1.81 bits per heavy atom. The summed E-state index contributed by atoms with van der Waals surface area (Å²) in [5, 5.41) is 6.26. The molecule has 3 aromatic rings. The first-order chi connectivity index (χ1) is 12.7. The van der Waals surface area contributed by atoms with Crippen molar-refractivity contribution in [3.05, 3.63) is 64.7 Å². The minimum absolute atomic E-state index is 0.129. The van der Waals surface area contributed by atoms with Crippen LogP contribution in [-0.4, -0.2) is 26.7 Å². The maximum absolute atomic E-state index is 12.8. The first-order valence-electron chi connectivity index (χ1n) is 8.53. The zero-order valence-corrected chi connectivity index (χ0v) is 16.4. The predicted molar refractivity (Wildman–Crippen MR) is 107 cm³/mol. The average molecular weight is 385 g/mol. The number of carbonyl (C=O) groups is 2. The Kier molecular flexibility index (Phi) is 4.93. The monoisotopic (exact) mass is 384 g/mol. The lowest BCUT2D eigenvalue weighted by molar-refractivity contribution is 0.0916. The Balaban J connectivity index is 2.01. The minimum Gasteiger partial charge on any atom is -0.346 e. The molecule has 0 saturated carbocycles. The normalized spacial score (nSPS) is 11.4. The van der Waals surface area contributed by atoms with Crippen LogP contribution in [0.25, 0.3) is 5.52 Å². The number of nitrogens with one attached hydrogen (secondary N) is 2. The molecule has 0 atom stereocenters. The number of hydrogen-bond donors (Lipinski definition) is 2. The van der Waals surface area contributed by atoms with Gasteiger partial charge in [-0.3, -0.25) is 14.0 Å². The molecule has 0 aliphatic carbocycles. The molecule has 0 fully saturated rings. The van der Waals surface area contributed by atoms with Crippen LogP contribution in [0.2, 0.25) is 5.02 Å². The molecular weight excluding hydrogens is 364 g/mol. The van der Waals surface area contributed by atoms with Gasteiger partial charge in [-0.05, 0) is 57.5 Å². The Hall–Kier alpha value is -2.86. The van der Waals surface area contributed by atoms with Crippen LogP contribution in [0.1, 0.15) is 47.4 Å². The van der Waals surface area contributed by atoms with Gasteiger partial charge in [-0.1, -0.05) is 23.7 Å². The summed E-state index contributed by atoms with van der Waals surface area (Å²) in [5.74, 6) is -0.621. The lowest BCUT2D eigenvalue weighted by Crippen LogP contribution is -2.40. The number of nitrogens with zero attached hydrogens (tertiary/aromatic N) is 2. The lowest BCUT2D eigenvalue weighted by atomic mass is 10.1. The number of pyridine rings is 1. The fraction of sp³-hybridized carbons (Fsp3) is 0.250. The lowest BCUT2D eigenvalue weighted by Gasteiger charge is -2.19. The van der Waals surface area contributed by atoms with Crippen LogP contribution in [0.4, 0.5) is 5.69 Å².